The molecule has 5 heterocycles. The molecule has 0 unspecified atom stereocenters. The normalized spacial score (nSPS) is 21.3. The molecule has 45 heavy (non-hydrogen) atoms. The fraction of sp³-hybridized carbons (Fsp3) is 0.562. The van der Waals surface area contributed by atoms with Gasteiger partial charge in [0.2, 0.25) is 0 Å². The Bertz CT molecular complexity index is 1510. The predicted molar refractivity (Wildman–Crippen MR) is 159 cm³/mol. The molecule has 0 saturated carbocycles. The van der Waals surface area contributed by atoms with Gasteiger partial charge in [-0.2, -0.15) is 28.4 Å². The van der Waals surface area contributed by atoms with Crippen molar-refractivity contribution >= 4 is 17.4 Å². The quantitative estimate of drug-likeness (QED) is 0.320. The molecule has 3 saturated heterocycles. The summed E-state index contributed by atoms with van der Waals surface area (Å²) in [7, 11) is 0. The van der Waals surface area contributed by atoms with Crippen molar-refractivity contribution in [2.75, 3.05) is 55.7 Å². The van der Waals surface area contributed by atoms with Crippen molar-refractivity contribution in [3.63, 3.8) is 0 Å². The fourth-order valence-corrected chi connectivity index (χ4v) is 7.62. The van der Waals surface area contributed by atoms with E-state index in [1.54, 1.807) is 11.0 Å². The van der Waals surface area contributed by atoms with Crippen LogP contribution in [0.25, 0.3) is 0 Å². The number of rotatable bonds is 7. The van der Waals surface area contributed by atoms with Crippen LogP contribution in [-0.4, -0.2) is 83.1 Å². The molecular weight excluding hydrogens is 590 g/mol. The molecular formula is C32H37F4N7O2. The Hall–Kier alpha value is -3.92. The highest BCUT2D eigenvalue weighted by atomic mass is 19.4. The first-order chi connectivity index (χ1) is 21.5. The minimum atomic E-state index is -4.52. The summed E-state index contributed by atoms with van der Waals surface area (Å²) in [6, 6.07) is 6.25. The Morgan fingerprint density at radius 2 is 1.89 bits per heavy atom. The van der Waals surface area contributed by atoms with Gasteiger partial charge in [-0.15, -0.1) is 0 Å². The largest absolute Gasteiger partial charge is 0.461 e. The highest BCUT2D eigenvalue weighted by Gasteiger charge is 2.45. The van der Waals surface area contributed by atoms with Gasteiger partial charge in [-0.25, -0.2) is 4.39 Å². The zero-order valence-electron chi connectivity index (χ0n) is 25.4. The van der Waals surface area contributed by atoms with Gasteiger partial charge >= 0.3 is 12.2 Å². The Morgan fingerprint density at radius 1 is 1.13 bits per heavy atom. The minimum absolute atomic E-state index is 0.00807. The lowest BCUT2D eigenvalue weighted by Crippen LogP contribution is -2.55. The van der Waals surface area contributed by atoms with E-state index in [1.165, 1.54) is 24.0 Å². The van der Waals surface area contributed by atoms with Crippen molar-refractivity contribution in [2.24, 2.45) is 0 Å². The lowest BCUT2D eigenvalue weighted by Gasteiger charge is -2.42. The van der Waals surface area contributed by atoms with Crippen molar-refractivity contribution in [1.82, 2.24) is 19.8 Å². The summed E-state index contributed by atoms with van der Waals surface area (Å²) in [4.78, 5) is 29.6. The molecule has 240 valence electrons. The number of halogens is 4. The number of benzene rings is 1. The minimum Gasteiger partial charge on any atom is -0.461 e. The van der Waals surface area contributed by atoms with Gasteiger partial charge in [0.1, 0.15) is 12.4 Å². The average molecular weight is 628 g/mol. The fourth-order valence-electron chi connectivity index (χ4n) is 7.62. The summed E-state index contributed by atoms with van der Waals surface area (Å²) in [5, 5.41) is 9.48. The summed E-state index contributed by atoms with van der Waals surface area (Å²) in [5.74, 6) is -1.34. The number of hydrogen-bond donors (Lipinski definition) is 0. The number of carbonyl (C=O) groups is 1. The van der Waals surface area contributed by atoms with E-state index in [0.717, 1.165) is 44.3 Å². The third kappa shape index (κ3) is 5.92. The molecule has 6 rings (SSSR count). The number of anilines is 2. The Labute approximate surface area is 260 Å². The second kappa shape index (κ2) is 12.1. The molecule has 3 fully saturated rings. The van der Waals surface area contributed by atoms with Crippen LogP contribution in [0, 0.1) is 18.3 Å². The van der Waals surface area contributed by atoms with Crippen LogP contribution in [0.3, 0.4) is 0 Å². The summed E-state index contributed by atoms with van der Waals surface area (Å²) < 4.78 is 62.6. The molecule has 4 aliphatic heterocycles. The Balaban J connectivity index is 1.34. The first-order valence-corrected chi connectivity index (χ1v) is 15.5. The predicted octanol–water partition coefficient (Wildman–Crippen LogP) is 4.79. The first-order valence-electron chi connectivity index (χ1n) is 15.5. The number of fused-ring (bicyclic) bond motifs is 2. The number of amides is 1. The number of nitrogens with zero attached hydrogens (tertiary/aromatic N) is 7. The lowest BCUT2D eigenvalue weighted by molar-refractivity contribution is -0.137. The van der Waals surface area contributed by atoms with Gasteiger partial charge in [0.15, 0.2) is 5.83 Å². The van der Waals surface area contributed by atoms with Crippen molar-refractivity contribution in [1.29, 1.82) is 5.26 Å². The monoisotopic (exact) mass is 627 g/mol. The van der Waals surface area contributed by atoms with Crippen molar-refractivity contribution in [3.8, 4) is 12.1 Å². The van der Waals surface area contributed by atoms with Gasteiger partial charge in [0.25, 0.3) is 5.91 Å². The van der Waals surface area contributed by atoms with Crippen LogP contribution in [0.4, 0.5) is 29.1 Å². The van der Waals surface area contributed by atoms with Gasteiger partial charge in [-0.1, -0.05) is 18.7 Å². The van der Waals surface area contributed by atoms with E-state index in [0.29, 0.717) is 37.6 Å². The summed E-state index contributed by atoms with van der Waals surface area (Å²) in [5.41, 5.74) is 0.919. The van der Waals surface area contributed by atoms with Crippen LogP contribution in [-0.2, 0) is 23.9 Å². The maximum Gasteiger partial charge on any atom is 0.418 e. The van der Waals surface area contributed by atoms with Crippen LogP contribution in [0.2, 0.25) is 0 Å². The van der Waals surface area contributed by atoms with Gasteiger partial charge in [-0.05, 0) is 63.7 Å². The van der Waals surface area contributed by atoms with Gasteiger partial charge in [0, 0.05) is 37.4 Å². The SMILES string of the molecule is C=C(F)C(=O)N1CCN(c2nc(OCC34CCCN3CCC4)nc3c2CCN(c2cccc(C)c2C(F)(F)F)C3)C[C@@H]1CC#N. The molecule has 0 bridgehead atoms. The van der Waals surface area contributed by atoms with E-state index in [1.807, 2.05) is 4.90 Å². The zero-order valence-corrected chi connectivity index (χ0v) is 25.4. The molecule has 0 spiro atoms. The molecule has 13 heteroatoms. The summed E-state index contributed by atoms with van der Waals surface area (Å²) in [6.07, 6.45) is 0.110. The topological polar surface area (TPSA) is 88.8 Å². The van der Waals surface area contributed by atoms with E-state index in [4.69, 9.17) is 14.7 Å². The number of alkyl halides is 3. The van der Waals surface area contributed by atoms with Gasteiger partial charge < -0.3 is 19.4 Å². The van der Waals surface area contributed by atoms with Crippen LogP contribution >= 0.6 is 0 Å². The molecule has 1 aromatic carbocycles. The number of nitriles is 1. The van der Waals surface area contributed by atoms with Crippen LogP contribution in [0.5, 0.6) is 6.01 Å². The number of carbonyl (C=O) groups excluding carboxylic acids is 1. The summed E-state index contributed by atoms with van der Waals surface area (Å²) in [6.45, 7) is 8.23. The second-order valence-corrected chi connectivity index (χ2v) is 12.5. The number of hydrogen-bond acceptors (Lipinski definition) is 8. The number of ether oxygens (including phenoxy) is 1. The van der Waals surface area contributed by atoms with Gasteiger partial charge in [-0.3, -0.25) is 9.69 Å². The standard InChI is InChI=1S/C32H37F4N7O2/c1-21-6-3-7-26(27(21)32(34,35)36)40-15-9-24-25(19-40)38-30(45-20-31-10-4-13-42(31)14-5-11-31)39-28(24)41-16-17-43(29(44)22(2)33)23(18-41)8-12-37/h3,6-7,23H,2,4-5,8-11,13-20H2,1H3/t23-/m0/s1. The maximum atomic E-state index is 14.2. The maximum absolute atomic E-state index is 14.2. The van der Waals surface area contributed by atoms with Crippen molar-refractivity contribution in [2.45, 2.75) is 69.8 Å². The van der Waals surface area contributed by atoms with Crippen molar-refractivity contribution in [3.05, 3.63) is 53.0 Å². The highest BCUT2D eigenvalue weighted by molar-refractivity contribution is 5.91. The lowest BCUT2D eigenvalue weighted by atomic mass is 9.95. The third-order valence-corrected chi connectivity index (χ3v) is 9.78. The van der Waals surface area contributed by atoms with E-state index in [2.05, 4.69) is 17.5 Å². The van der Waals surface area contributed by atoms with E-state index >= 15 is 0 Å². The molecule has 0 N–H and O–H groups in total. The Morgan fingerprint density at radius 3 is 2.58 bits per heavy atom. The molecule has 9 nitrogen and oxygen atoms in total. The molecule has 1 atom stereocenters. The van der Waals surface area contributed by atoms with Crippen LogP contribution in [0.1, 0.15) is 54.5 Å². The molecule has 0 radical (unpaired) electrons. The molecule has 1 amide bonds. The molecule has 4 aliphatic rings. The van der Waals surface area contributed by atoms with E-state index in [9.17, 15) is 27.6 Å². The second-order valence-electron chi connectivity index (χ2n) is 12.5. The smallest absolute Gasteiger partial charge is 0.418 e. The Kier molecular flexibility index (Phi) is 8.37. The molecule has 0 aliphatic carbocycles. The third-order valence-electron chi connectivity index (χ3n) is 9.78. The van der Waals surface area contributed by atoms with E-state index < -0.39 is 29.5 Å². The summed E-state index contributed by atoms with van der Waals surface area (Å²) >= 11 is 0. The number of aromatic nitrogens is 2. The van der Waals surface area contributed by atoms with E-state index in [-0.39, 0.29) is 48.9 Å². The van der Waals surface area contributed by atoms with Gasteiger partial charge in [0.05, 0.1) is 41.9 Å². The number of aryl methyl sites for hydroxylation is 1. The van der Waals surface area contributed by atoms with Crippen molar-refractivity contribution < 1.29 is 27.1 Å². The number of piperazine rings is 1. The average Bonchev–Trinajstić information content (AvgIpc) is 3.59. The van der Waals surface area contributed by atoms with Crippen LogP contribution in [0.15, 0.2) is 30.6 Å². The first kappa shape index (κ1) is 31.1. The highest BCUT2D eigenvalue weighted by Crippen LogP contribution is 2.42. The van der Waals surface area contributed by atoms with Crippen LogP contribution < -0.4 is 14.5 Å². The zero-order chi connectivity index (χ0) is 31.9. The molecule has 1 aromatic heterocycles. The molecule has 2 aromatic rings.